The van der Waals surface area contributed by atoms with Gasteiger partial charge in [-0.2, -0.15) is 23.8 Å². The fourth-order valence-corrected chi connectivity index (χ4v) is 2.73. The van der Waals surface area contributed by atoms with Crippen LogP contribution < -0.4 is 10.6 Å². The van der Waals surface area contributed by atoms with Gasteiger partial charge in [-0.15, -0.1) is 0 Å². The second-order valence-electron chi connectivity index (χ2n) is 5.08. The van der Waals surface area contributed by atoms with Crippen LogP contribution in [0.1, 0.15) is 0 Å². The van der Waals surface area contributed by atoms with Gasteiger partial charge in [-0.05, 0) is 24.3 Å². The molecule has 0 aliphatic rings. The third-order valence-electron chi connectivity index (χ3n) is 3.33. The zero-order valence-corrected chi connectivity index (χ0v) is 14.1. The van der Waals surface area contributed by atoms with Crippen LogP contribution in [0.4, 0.5) is 26.2 Å². The zero-order valence-electron chi connectivity index (χ0n) is 13.3. The SMILES string of the molecule is Cn1ncc2c(NCCO)nc(Nc3ccc(SC(F)F)cc3)nc21. The first-order chi connectivity index (χ1) is 12.1. The van der Waals surface area contributed by atoms with Crippen molar-refractivity contribution in [2.75, 3.05) is 23.8 Å². The Balaban J connectivity index is 1.86. The molecule has 0 bridgehead atoms. The Bertz CT molecular complexity index is 855. The van der Waals surface area contributed by atoms with E-state index in [1.807, 2.05) is 0 Å². The van der Waals surface area contributed by atoms with Crippen LogP contribution in [0, 0.1) is 0 Å². The summed E-state index contributed by atoms with van der Waals surface area (Å²) < 4.78 is 26.3. The number of benzene rings is 1. The molecule has 132 valence electrons. The highest BCUT2D eigenvalue weighted by molar-refractivity contribution is 7.99. The number of halogens is 2. The monoisotopic (exact) mass is 366 g/mol. The van der Waals surface area contributed by atoms with E-state index in [0.717, 1.165) is 5.39 Å². The van der Waals surface area contributed by atoms with E-state index in [4.69, 9.17) is 5.11 Å². The largest absolute Gasteiger partial charge is 0.395 e. The van der Waals surface area contributed by atoms with Gasteiger partial charge in [0.2, 0.25) is 5.95 Å². The molecule has 0 aliphatic carbocycles. The van der Waals surface area contributed by atoms with Crippen LogP contribution in [0.3, 0.4) is 0 Å². The predicted molar refractivity (Wildman–Crippen MR) is 93.5 cm³/mol. The highest BCUT2D eigenvalue weighted by Crippen LogP contribution is 2.27. The van der Waals surface area contributed by atoms with E-state index in [1.54, 1.807) is 42.2 Å². The third kappa shape index (κ3) is 4.15. The minimum atomic E-state index is -2.45. The average Bonchev–Trinajstić information content (AvgIpc) is 2.95. The lowest BCUT2D eigenvalue weighted by atomic mass is 10.3. The maximum atomic E-state index is 12.4. The molecule has 0 fully saturated rings. The van der Waals surface area contributed by atoms with E-state index in [0.29, 0.717) is 46.3 Å². The summed E-state index contributed by atoms with van der Waals surface area (Å²) in [7, 11) is 1.77. The van der Waals surface area contributed by atoms with E-state index in [-0.39, 0.29) is 6.61 Å². The van der Waals surface area contributed by atoms with Gasteiger partial charge in [0.15, 0.2) is 5.65 Å². The molecule has 0 aliphatic heterocycles. The van der Waals surface area contributed by atoms with Gasteiger partial charge in [0.05, 0.1) is 18.2 Å². The van der Waals surface area contributed by atoms with Crippen molar-refractivity contribution in [1.82, 2.24) is 19.7 Å². The number of anilines is 3. The maximum Gasteiger partial charge on any atom is 0.288 e. The van der Waals surface area contributed by atoms with Gasteiger partial charge in [-0.3, -0.25) is 4.68 Å². The number of aromatic nitrogens is 4. The molecule has 1 aromatic carbocycles. The Morgan fingerprint density at radius 1 is 1.24 bits per heavy atom. The van der Waals surface area contributed by atoms with Crippen molar-refractivity contribution in [3.8, 4) is 0 Å². The minimum absolute atomic E-state index is 0.0300. The first kappa shape index (κ1) is 17.4. The zero-order chi connectivity index (χ0) is 17.8. The normalized spacial score (nSPS) is 11.2. The molecule has 0 spiro atoms. The molecule has 3 aromatic rings. The van der Waals surface area contributed by atoms with Crippen molar-refractivity contribution in [2.24, 2.45) is 7.05 Å². The quantitative estimate of drug-likeness (QED) is 0.554. The molecular formula is C15H16F2N6OS. The first-order valence-corrected chi connectivity index (χ1v) is 8.31. The van der Waals surface area contributed by atoms with Gasteiger partial charge in [0.25, 0.3) is 5.76 Å². The Hall–Kier alpha value is -2.46. The fraction of sp³-hybridized carbons (Fsp3) is 0.267. The number of hydrogen-bond donors (Lipinski definition) is 3. The standard InChI is InChI=1S/C15H16F2N6OS/c1-23-13-11(8-19-23)12(18-6-7-24)21-15(22-13)20-9-2-4-10(5-3-9)25-14(16)17/h2-5,8,14,24H,6-7H2,1H3,(H2,18,20,21,22). The predicted octanol–water partition coefficient (Wildman–Crippen LogP) is 2.83. The Labute approximate surface area is 146 Å². The van der Waals surface area contributed by atoms with E-state index in [9.17, 15) is 8.78 Å². The lowest BCUT2D eigenvalue weighted by molar-refractivity contribution is 0.252. The van der Waals surface area contributed by atoms with Crippen molar-refractivity contribution < 1.29 is 13.9 Å². The van der Waals surface area contributed by atoms with Crippen LogP contribution in [0.5, 0.6) is 0 Å². The fourth-order valence-electron chi connectivity index (χ4n) is 2.24. The van der Waals surface area contributed by atoms with Crippen molar-refractivity contribution in [3.05, 3.63) is 30.5 Å². The number of aliphatic hydroxyl groups excluding tert-OH is 1. The molecule has 7 nitrogen and oxygen atoms in total. The molecule has 0 radical (unpaired) electrons. The summed E-state index contributed by atoms with van der Waals surface area (Å²) in [6, 6.07) is 6.57. The van der Waals surface area contributed by atoms with Gasteiger partial charge in [-0.25, -0.2) is 0 Å². The van der Waals surface area contributed by atoms with Crippen molar-refractivity contribution in [1.29, 1.82) is 0 Å². The van der Waals surface area contributed by atoms with Crippen LogP contribution in [0.15, 0.2) is 35.4 Å². The summed E-state index contributed by atoms with van der Waals surface area (Å²) >= 11 is 0.492. The summed E-state index contributed by atoms with van der Waals surface area (Å²) in [6.45, 7) is 0.317. The molecule has 10 heteroatoms. The Morgan fingerprint density at radius 3 is 2.68 bits per heavy atom. The molecule has 3 N–H and O–H groups in total. The molecule has 0 atom stereocenters. The number of aryl methyl sites for hydroxylation is 1. The molecule has 0 amide bonds. The number of fused-ring (bicyclic) bond motifs is 1. The van der Waals surface area contributed by atoms with Crippen LogP contribution in [0.2, 0.25) is 0 Å². The molecule has 0 saturated carbocycles. The highest BCUT2D eigenvalue weighted by atomic mass is 32.2. The number of rotatable bonds is 7. The van der Waals surface area contributed by atoms with Crippen molar-refractivity contribution in [3.63, 3.8) is 0 Å². The number of alkyl halides is 2. The summed E-state index contributed by atoms with van der Waals surface area (Å²) in [6.07, 6.45) is 1.65. The molecule has 3 rings (SSSR count). The van der Waals surface area contributed by atoms with Crippen LogP contribution in [-0.2, 0) is 7.05 Å². The van der Waals surface area contributed by atoms with Crippen LogP contribution >= 0.6 is 11.8 Å². The lowest BCUT2D eigenvalue weighted by Crippen LogP contribution is -2.09. The number of thioether (sulfide) groups is 1. The minimum Gasteiger partial charge on any atom is -0.395 e. The second kappa shape index (κ2) is 7.62. The average molecular weight is 366 g/mol. The number of nitrogens with zero attached hydrogens (tertiary/aromatic N) is 4. The summed E-state index contributed by atoms with van der Waals surface area (Å²) in [5, 5.41) is 20.0. The Kier molecular flexibility index (Phi) is 5.29. The number of hydrogen-bond acceptors (Lipinski definition) is 7. The van der Waals surface area contributed by atoms with Gasteiger partial charge in [-0.1, -0.05) is 11.8 Å². The van der Waals surface area contributed by atoms with E-state index in [2.05, 4.69) is 25.7 Å². The van der Waals surface area contributed by atoms with E-state index >= 15 is 0 Å². The van der Waals surface area contributed by atoms with Gasteiger partial charge < -0.3 is 15.7 Å². The molecular weight excluding hydrogens is 350 g/mol. The molecule has 25 heavy (non-hydrogen) atoms. The van der Waals surface area contributed by atoms with Crippen LogP contribution in [-0.4, -0.2) is 43.8 Å². The highest BCUT2D eigenvalue weighted by Gasteiger charge is 2.12. The molecule has 0 unspecified atom stereocenters. The Morgan fingerprint density at radius 2 is 2.00 bits per heavy atom. The van der Waals surface area contributed by atoms with Gasteiger partial charge in [0.1, 0.15) is 5.82 Å². The van der Waals surface area contributed by atoms with Gasteiger partial charge >= 0.3 is 0 Å². The van der Waals surface area contributed by atoms with Crippen LogP contribution in [0.25, 0.3) is 11.0 Å². The van der Waals surface area contributed by atoms with Crippen molar-refractivity contribution >= 4 is 40.2 Å². The number of nitrogens with one attached hydrogen (secondary N) is 2. The second-order valence-corrected chi connectivity index (χ2v) is 6.14. The van der Waals surface area contributed by atoms with Gasteiger partial charge in [0, 0.05) is 24.2 Å². The molecule has 0 saturated heterocycles. The summed E-state index contributed by atoms with van der Waals surface area (Å²) in [5.41, 5.74) is 1.30. The topological polar surface area (TPSA) is 87.9 Å². The third-order valence-corrected chi connectivity index (χ3v) is 4.05. The number of aliphatic hydroxyl groups is 1. The smallest absolute Gasteiger partial charge is 0.288 e. The maximum absolute atomic E-state index is 12.4. The summed E-state index contributed by atoms with van der Waals surface area (Å²) in [5.74, 6) is -1.56. The molecule has 2 heterocycles. The first-order valence-electron chi connectivity index (χ1n) is 7.43. The van der Waals surface area contributed by atoms with Crippen molar-refractivity contribution in [2.45, 2.75) is 10.7 Å². The van der Waals surface area contributed by atoms with E-state index in [1.165, 1.54) is 0 Å². The lowest BCUT2D eigenvalue weighted by Gasteiger charge is -2.10. The molecule has 2 aromatic heterocycles. The van der Waals surface area contributed by atoms with E-state index < -0.39 is 5.76 Å². The summed E-state index contributed by atoms with van der Waals surface area (Å²) in [4.78, 5) is 9.30.